The number of carbonyl (C=O) groups is 3. The lowest BCUT2D eigenvalue weighted by atomic mass is 9.89. The van der Waals surface area contributed by atoms with Crippen molar-refractivity contribution in [2.45, 2.75) is 26.7 Å². The van der Waals surface area contributed by atoms with Gasteiger partial charge in [0.05, 0.1) is 18.6 Å². The van der Waals surface area contributed by atoms with Gasteiger partial charge >= 0.3 is 5.97 Å². The molecule has 2 N–H and O–H groups in total. The molecule has 1 heterocycles. The van der Waals surface area contributed by atoms with Crippen molar-refractivity contribution in [2.75, 3.05) is 32.8 Å². The van der Waals surface area contributed by atoms with E-state index in [0.717, 1.165) is 0 Å². The molecule has 1 rings (SSSR count). The second-order valence-corrected chi connectivity index (χ2v) is 5.46. The van der Waals surface area contributed by atoms with E-state index >= 15 is 0 Å². The predicted octanol–water partition coefficient (Wildman–Crippen LogP) is -0.148. The third kappa shape index (κ3) is 5.16. The fraction of sp³-hybridized carbons (Fsp3) is 0.769. The number of ether oxygens (including phenoxy) is 1. The first-order chi connectivity index (χ1) is 9.33. The lowest BCUT2D eigenvalue weighted by Gasteiger charge is -2.27. The summed E-state index contributed by atoms with van der Waals surface area (Å²) in [5.41, 5.74) is -1.10. The zero-order valence-electron chi connectivity index (χ0n) is 12.0. The third-order valence-corrected chi connectivity index (χ3v) is 3.21. The first-order valence-corrected chi connectivity index (χ1v) is 6.68. The van der Waals surface area contributed by atoms with Crippen LogP contribution in [0.5, 0.6) is 0 Å². The molecular formula is C13H22N2O5. The molecule has 1 aliphatic heterocycles. The number of nitrogens with one attached hydrogen (secondary N) is 1. The van der Waals surface area contributed by atoms with Crippen LogP contribution in [0, 0.1) is 5.41 Å². The Hall–Kier alpha value is -1.63. The summed E-state index contributed by atoms with van der Waals surface area (Å²) in [5.74, 6) is -1.39. The van der Waals surface area contributed by atoms with Crippen LogP contribution in [0.15, 0.2) is 0 Å². The van der Waals surface area contributed by atoms with Crippen molar-refractivity contribution in [1.82, 2.24) is 10.2 Å². The summed E-state index contributed by atoms with van der Waals surface area (Å²) in [6.45, 7) is 5.47. The van der Waals surface area contributed by atoms with E-state index in [1.165, 1.54) is 13.8 Å². The molecular weight excluding hydrogens is 264 g/mol. The van der Waals surface area contributed by atoms with Crippen molar-refractivity contribution in [3.05, 3.63) is 0 Å². The minimum atomic E-state index is -1.10. The van der Waals surface area contributed by atoms with Gasteiger partial charge in [-0.2, -0.15) is 0 Å². The van der Waals surface area contributed by atoms with Crippen molar-refractivity contribution in [3.63, 3.8) is 0 Å². The van der Waals surface area contributed by atoms with Crippen molar-refractivity contribution < 1.29 is 24.2 Å². The van der Waals surface area contributed by atoms with Crippen molar-refractivity contribution in [1.29, 1.82) is 0 Å². The summed E-state index contributed by atoms with van der Waals surface area (Å²) < 4.78 is 5.15. The van der Waals surface area contributed by atoms with E-state index in [4.69, 9.17) is 9.84 Å². The first kappa shape index (κ1) is 16.4. The van der Waals surface area contributed by atoms with E-state index in [-0.39, 0.29) is 31.2 Å². The Morgan fingerprint density at radius 2 is 1.85 bits per heavy atom. The largest absolute Gasteiger partial charge is 0.481 e. The summed E-state index contributed by atoms with van der Waals surface area (Å²) in [5, 5.41) is 11.5. The Balaban J connectivity index is 2.24. The maximum Gasteiger partial charge on any atom is 0.309 e. The van der Waals surface area contributed by atoms with Crippen LogP contribution in [0.2, 0.25) is 0 Å². The highest BCUT2D eigenvalue weighted by Gasteiger charge is 2.30. The van der Waals surface area contributed by atoms with Crippen LogP contribution in [0.1, 0.15) is 26.7 Å². The van der Waals surface area contributed by atoms with E-state index in [1.54, 1.807) is 4.90 Å². The van der Waals surface area contributed by atoms with Crippen LogP contribution in [-0.4, -0.2) is 60.6 Å². The zero-order chi connectivity index (χ0) is 15.2. The van der Waals surface area contributed by atoms with Crippen LogP contribution in [0.25, 0.3) is 0 Å². The summed E-state index contributed by atoms with van der Waals surface area (Å²) in [7, 11) is 0. The molecule has 0 spiro atoms. The molecule has 0 aromatic rings. The Labute approximate surface area is 118 Å². The van der Waals surface area contributed by atoms with Crippen LogP contribution in [0.4, 0.5) is 0 Å². The van der Waals surface area contributed by atoms with E-state index in [0.29, 0.717) is 26.3 Å². The van der Waals surface area contributed by atoms with Crippen LogP contribution < -0.4 is 5.32 Å². The lowest BCUT2D eigenvalue weighted by molar-refractivity contribution is -0.149. The van der Waals surface area contributed by atoms with Gasteiger partial charge in [-0.3, -0.25) is 14.4 Å². The van der Waals surface area contributed by atoms with Gasteiger partial charge in [0.1, 0.15) is 0 Å². The number of rotatable bonds is 6. The topological polar surface area (TPSA) is 95.9 Å². The molecule has 7 nitrogen and oxygen atoms in total. The molecule has 2 amide bonds. The smallest absolute Gasteiger partial charge is 0.309 e. The maximum absolute atomic E-state index is 11.8. The van der Waals surface area contributed by atoms with Gasteiger partial charge in [0, 0.05) is 32.5 Å². The van der Waals surface area contributed by atoms with Crippen LogP contribution in [0.3, 0.4) is 0 Å². The highest BCUT2D eigenvalue weighted by molar-refractivity contribution is 5.84. The molecule has 114 valence electrons. The molecule has 1 saturated heterocycles. The van der Waals surface area contributed by atoms with Crippen LogP contribution >= 0.6 is 0 Å². The van der Waals surface area contributed by atoms with Crippen LogP contribution in [-0.2, 0) is 19.1 Å². The Kier molecular flexibility index (Phi) is 5.94. The summed E-state index contributed by atoms with van der Waals surface area (Å²) >= 11 is 0. The Morgan fingerprint density at radius 3 is 2.40 bits per heavy atom. The molecule has 0 aliphatic carbocycles. The van der Waals surface area contributed by atoms with E-state index in [1.807, 2.05) is 0 Å². The normalized spacial score (nSPS) is 15.8. The number of carbonyl (C=O) groups excluding carboxylic acids is 2. The number of hydrogen-bond donors (Lipinski definition) is 2. The second-order valence-electron chi connectivity index (χ2n) is 5.46. The Bertz CT molecular complexity index is 375. The third-order valence-electron chi connectivity index (χ3n) is 3.21. The molecule has 1 fully saturated rings. The van der Waals surface area contributed by atoms with Gasteiger partial charge in [0.25, 0.3) is 0 Å². The number of morpholine rings is 1. The predicted molar refractivity (Wildman–Crippen MR) is 71.1 cm³/mol. The molecule has 7 heteroatoms. The number of carboxylic acids is 1. The highest BCUT2D eigenvalue weighted by Crippen LogP contribution is 2.19. The molecule has 0 bridgehead atoms. The first-order valence-electron chi connectivity index (χ1n) is 6.68. The van der Waals surface area contributed by atoms with Gasteiger partial charge < -0.3 is 20.1 Å². The van der Waals surface area contributed by atoms with Gasteiger partial charge in [-0.05, 0) is 13.8 Å². The lowest BCUT2D eigenvalue weighted by Crippen LogP contribution is -2.42. The molecule has 0 aromatic carbocycles. The fourth-order valence-corrected chi connectivity index (χ4v) is 1.82. The fourth-order valence-electron chi connectivity index (χ4n) is 1.82. The number of hydrogen-bond acceptors (Lipinski definition) is 4. The minimum Gasteiger partial charge on any atom is -0.481 e. The molecule has 0 saturated carbocycles. The van der Waals surface area contributed by atoms with Gasteiger partial charge in [-0.1, -0.05) is 0 Å². The highest BCUT2D eigenvalue weighted by atomic mass is 16.5. The Morgan fingerprint density at radius 1 is 1.25 bits per heavy atom. The molecule has 0 aromatic heterocycles. The SMILES string of the molecule is CC(C)(CC(=O)NCCC(=O)N1CCOCC1)C(=O)O. The molecule has 20 heavy (non-hydrogen) atoms. The number of aliphatic carboxylic acids is 1. The van der Waals surface area contributed by atoms with Crippen molar-refractivity contribution in [3.8, 4) is 0 Å². The van der Waals surface area contributed by atoms with Gasteiger partial charge in [-0.25, -0.2) is 0 Å². The number of carboxylic acid groups (broad SMARTS) is 1. The summed E-state index contributed by atoms with van der Waals surface area (Å²) in [6.07, 6.45) is 0.118. The average Bonchev–Trinajstić information content (AvgIpc) is 2.38. The van der Waals surface area contributed by atoms with E-state index in [9.17, 15) is 14.4 Å². The molecule has 0 radical (unpaired) electrons. The van der Waals surface area contributed by atoms with Gasteiger partial charge in [0.2, 0.25) is 11.8 Å². The van der Waals surface area contributed by atoms with Gasteiger partial charge in [-0.15, -0.1) is 0 Å². The molecule has 1 aliphatic rings. The number of amides is 2. The standard InChI is InChI=1S/C13H22N2O5/c1-13(2,12(18)19)9-10(16)14-4-3-11(17)15-5-7-20-8-6-15/h3-9H2,1-2H3,(H,14,16)(H,18,19). The molecule has 0 atom stereocenters. The minimum absolute atomic E-state index is 0.0221. The average molecular weight is 286 g/mol. The van der Waals surface area contributed by atoms with Gasteiger partial charge in [0.15, 0.2) is 0 Å². The maximum atomic E-state index is 11.8. The zero-order valence-corrected chi connectivity index (χ0v) is 12.0. The molecule has 0 unspecified atom stereocenters. The monoisotopic (exact) mass is 286 g/mol. The quantitative estimate of drug-likeness (QED) is 0.708. The van der Waals surface area contributed by atoms with Crippen molar-refractivity contribution in [2.24, 2.45) is 5.41 Å². The van der Waals surface area contributed by atoms with Crippen molar-refractivity contribution >= 4 is 17.8 Å². The van der Waals surface area contributed by atoms with E-state index in [2.05, 4.69) is 5.32 Å². The van der Waals surface area contributed by atoms with E-state index < -0.39 is 11.4 Å². The summed E-state index contributed by atoms with van der Waals surface area (Å²) in [4.78, 5) is 36.0. The summed E-state index contributed by atoms with van der Waals surface area (Å²) in [6, 6.07) is 0. The number of nitrogens with zero attached hydrogens (tertiary/aromatic N) is 1. The second kappa shape index (κ2) is 7.23.